The van der Waals surface area contributed by atoms with Gasteiger partial charge in [0, 0.05) is 58.6 Å². The molecule has 2 aromatic rings. The standard InChI is InChI=1S/C18H25N5O2/c1-20-16(13-17(24)21(2)18(20)25)23-11-9-22(10-12-23)8-7-14-3-5-15(19)6-4-14/h3-6,13H,7-12,19H2,1-2H3. The van der Waals surface area contributed by atoms with Crippen molar-refractivity contribution in [2.75, 3.05) is 43.4 Å². The van der Waals surface area contributed by atoms with Gasteiger partial charge < -0.3 is 10.6 Å². The van der Waals surface area contributed by atoms with Crippen molar-refractivity contribution in [1.29, 1.82) is 0 Å². The summed E-state index contributed by atoms with van der Waals surface area (Å²) >= 11 is 0. The van der Waals surface area contributed by atoms with Gasteiger partial charge in [-0.3, -0.25) is 18.8 Å². The van der Waals surface area contributed by atoms with Crippen LogP contribution in [-0.2, 0) is 20.5 Å². The highest BCUT2D eigenvalue weighted by Gasteiger charge is 2.20. The van der Waals surface area contributed by atoms with E-state index in [2.05, 4.69) is 21.9 Å². The minimum atomic E-state index is -0.284. The van der Waals surface area contributed by atoms with Crippen LogP contribution in [0.25, 0.3) is 0 Å². The Balaban J connectivity index is 1.60. The first-order valence-electron chi connectivity index (χ1n) is 8.54. The third-order valence-corrected chi connectivity index (χ3v) is 4.89. The predicted molar refractivity (Wildman–Crippen MR) is 100 cm³/mol. The number of benzene rings is 1. The fraction of sp³-hybridized carbons (Fsp3) is 0.444. The van der Waals surface area contributed by atoms with Gasteiger partial charge in [-0.05, 0) is 24.1 Å². The molecule has 0 bridgehead atoms. The highest BCUT2D eigenvalue weighted by molar-refractivity contribution is 5.40. The van der Waals surface area contributed by atoms with Crippen LogP contribution in [0.1, 0.15) is 5.56 Å². The molecule has 0 aliphatic carbocycles. The molecule has 0 atom stereocenters. The largest absolute Gasteiger partial charge is 0.399 e. The summed E-state index contributed by atoms with van der Waals surface area (Å²) in [6.07, 6.45) is 0.991. The van der Waals surface area contributed by atoms with Crippen LogP contribution in [0.2, 0.25) is 0 Å². The van der Waals surface area contributed by atoms with Crippen LogP contribution < -0.4 is 21.9 Å². The third kappa shape index (κ3) is 3.76. The van der Waals surface area contributed by atoms with Gasteiger partial charge in [-0.1, -0.05) is 12.1 Å². The zero-order valence-corrected chi connectivity index (χ0v) is 14.8. The van der Waals surface area contributed by atoms with Crippen LogP contribution in [0.5, 0.6) is 0 Å². The first-order chi connectivity index (χ1) is 12.0. The topological polar surface area (TPSA) is 76.5 Å². The molecule has 7 heteroatoms. The molecule has 1 aliphatic heterocycles. The van der Waals surface area contributed by atoms with Crippen molar-refractivity contribution < 1.29 is 0 Å². The van der Waals surface area contributed by atoms with Crippen LogP contribution in [0.4, 0.5) is 11.5 Å². The lowest BCUT2D eigenvalue weighted by Crippen LogP contribution is -2.49. The molecule has 0 spiro atoms. The Labute approximate surface area is 146 Å². The lowest BCUT2D eigenvalue weighted by Gasteiger charge is -2.36. The van der Waals surface area contributed by atoms with Crippen LogP contribution in [-0.4, -0.2) is 46.8 Å². The van der Waals surface area contributed by atoms with E-state index in [1.807, 2.05) is 12.1 Å². The quantitative estimate of drug-likeness (QED) is 0.793. The molecule has 1 saturated heterocycles. The molecule has 2 heterocycles. The monoisotopic (exact) mass is 343 g/mol. The first-order valence-corrected chi connectivity index (χ1v) is 8.54. The second kappa shape index (κ2) is 7.14. The number of anilines is 2. The molecule has 25 heavy (non-hydrogen) atoms. The molecule has 0 amide bonds. The maximum Gasteiger partial charge on any atom is 0.332 e. The van der Waals surface area contributed by atoms with E-state index in [1.165, 1.54) is 12.6 Å². The van der Waals surface area contributed by atoms with E-state index < -0.39 is 0 Å². The van der Waals surface area contributed by atoms with E-state index in [9.17, 15) is 9.59 Å². The van der Waals surface area contributed by atoms with E-state index in [-0.39, 0.29) is 11.2 Å². The summed E-state index contributed by atoms with van der Waals surface area (Å²) in [5.74, 6) is 0.700. The Morgan fingerprint density at radius 1 is 0.960 bits per heavy atom. The number of hydrogen-bond donors (Lipinski definition) is 1. The SMILES string of the molecule is Cn1c(N2CCN(CCc3ccc(N)cc3)CC2)cc(=O)n(C)c1=O. The third-order valence-electron chi connectivity index (χ3n) is 4.89. The number of piperazine rings is 1. The summed E-state index contributed by atoms with van der Waals surface area (Å²) in [4.78, 5) is 28.5. The van der Waals surface area contributed by atoms with Gasteiger partial charge in [0.25, 0.3) is 5.56 Å². The van der Waals surface area contributed by atoms with Crippen molar-refractivity contribution in [3.63, 3.8) is 0 Å². The summed E-state index contributed by atoms with van der Waals surface area (Å²) in [6, 6.07) is 9.56. The number of rotatable bonds is 4. The molecule has 7 nitrogen and oxygen atoms in total. The zero-order chi connectivity index (χ0) is 18.0. The molecular formula is C18H25N5O2. The Morgan fingerprint density at radius 3 is 2.24 bits per heavy atom. The van der Waals surface area contributed by atoms with Crippen molar-refractivity contribution in [1.82, 2.24) is 14.0 Å². The minimum absolute atomic E-state index is 0.260. The van der Waals surface area contributed by atoms with Crippen molar-refractivity contribution in [2.45, 2.75) is 6.42 Å². The Bertz CT molecular complexity index is 845. The van der Waals surface area contributed by atoms with Crippen molar-refractivity contribution in [2.24, 2.45) is 14.1 Å². The van der Waals surface area contributed by atoms with Gasteiger partial charge in [-0.2, -0.15) is 0 Å². The highest BCUT2D eigenvalue weighted by Crippen LogP contribution is 2.13. The minimum Gasteiger partial charge on any atom is -0.399 e. The van der Waals surface area contributed by atoms with Crippen LogP contribution in [0, 0.1) is 0 Å². The molecule has 0 unspecified atom stereocenters. The van der Waals surface area contributed by atoms with Gasteiger partial charge in [0.1, 0.15) is 5.82 Å². The molecule has 1 aliphatic rings. The fourth-order valence-corrected chi connectivity index (χ4v) is 3.20. The molecule has 134 valence electrons. The average Bonchev–Trinajstić information content (AvgIpc) is 2.63. The first kappa shape index (κ1) is 17.3. The number of nitrogens with two attached hydrogens (primary N) is 1. The molecule has 0 saturated carbocycles. The predicted octanol–water partition coefficient (Wildman–Crippen LogP) is 0.0309. The molecular weight excluding hydrogens is 318 g/mol. The van der Waals surface area contributed by atoms with Gasteiger partial charge in [-0.15, -0.1) is 0 Å². The number of nitrogens with zero attached hydrogens (tertiary/aromatic N) is 4. The Hall–Kier alpha value is -2.54. The van der Waals surface area contributed by atoms with Gasteiger partial charge in [0.2, 0.25) is 0 Å². The van der Waals surface area contributed by atoms with Crippen molar-refractivity contribution in [3.05, 3.63) is 56.7 Å². The van der Waals surface area contributed by atoms with Gasteiger partial charge in [-0.25, -0.2) is 4.79 Å². The van der Waals surface area contributed by atoms with E-state index in [4.69, 9.17) is 5.73 Å². The number of nitrogen functional groups attached to an aromatic ring is 1. The summed E-state index contributed by atoms with van der Waals surface area (Å²) in [7, 11) is 3.22. The van der Waals surface area contributed by atoms with Gasteiger partial charge >= 0.3 is 5.69 Å². The van der Waals surface area contributed by atoms with E-state index in [1.54, 1.807) is 17.7 Å². The fourth-order valence-electron chi connectivity index (χ4n) is 3.20. The normalized spacial score (nSPS) is 15.5. The summed E-state index contributed by atoms with van der Waals surface area (Å²) in [6.45, 7) is 4.44. The summed E-state index contributed by atoms with van der Waals surface area (Å²) in [5, 5.41) is 0. The molecule has 2 N–H and O–H groups in total. The van der Waals surface area contributed by atoms with Crippen LogP contribution in [0.3, 0.4) is 0 Å². The van der Waals surface area contributed by atoms with E-state index >= 15 is 0 Å². The molecule has 0 radical (unpaired) electrons. The second-order valence-electron chi connectivity index (χ2n) is 6.56. The average molecular weight is 343 g/mol. The lowest BCUT2D eigenvalue weighted by molar-refractivity contribution is 0.259. The number of hydrogen-bond acceptors (Lipinski definition) is 5. The van der Waals surface area contributed by atoms with E-state index in [0.717, 1.165) is 49.4 Å². The maximum atomic E-state index is 12.1. The summed E-state index contributed by atoms with van der Waals surface area (Å²) in [5.41, 5.74) is 7.24. The summed E-state index contributed by atoms with van der Waals surface area (Å²) < 4.78 is 2.68. The van der Waals surface area contributed by atoms with Crippen LogP contribution in [0.15, 0.2) is 39.9 Å². The highest BCUT2D eigenvalue weighted by atomic mass is 16.2. The Morgan fingerprint density at radius 2 is 1.60 bits per heavy atom. The van der Waals surface area contributed by atoms with Crippen molar-refractivity contribution >= 4 is 11.5 Å². The number of aromatic nitrogens is 2. The Kier molecular flexibility index (Phi) is 4.94. The second-order valence-corrected chi connectivity index (χ2v) is 6.56. The zero-order valence-electron chi connectivity index (χ0n) is 14.8. The molecule has 1 fully saturated rings. The lowest BCUT2D eigenvalue weighted by atomic mass is 10.1. The molecule has 3 rings (SSSR count). The maximum absolute atomic E-state index is 12.1. The van der Waals surface area contributed by atoms with Gasteiger partial charge in [0.15, 0.2) is 0 Å². The smallest absolute Gasteiger partial charge is 0.332 e. The van der Waals surface area contributed by atoms with Crippen molar-refractivity contribution in [3.8, 4) is 0 Å². The molecule has 1 aromatic carbocycles. The van der Waals surface area contributed by atoms with Crippen LogP contribution >= 0.6 is 0 Å². The van der Waals surface area contributed by atoms with E-state index in [0.29, 0.717) is 5.82 Å². The van der Waals surface area contributed by atoms with Gasteiger partial charge in [0.05, 0.1) is 0 Å². The molecule has 1 aromatic heterocycles.